The van der Waals surface area contributed by atoms with Crippen LogP contribution in [0.2, 0.25) is 5.02 Å². The molecule has 6 nitrogen and oxygen atoms in total. The first-order chi connectivity index (χ1) is 15.5. The van der Waals surface area contributed by atoms with Crippen LogP contribution in [0.1, 0.15) is 52.0 Å². The molecule has 1 N–H and O–H groups in total. The number of hydrogen-bond donors (Lipinski definition) is 1. The van der Waals surface area contributed by atoms with Crippen LogP contribution in [0.3, 0.4) is 0 Å². The van der Waals surface area contributed by atoms with Crippen LogP contribution in [0.15, 0.2) is 58.5 Å². The first-order valence-corrected chi connectivity index (χ1v) is 13.0. The summed E-state index contributed by atoms with van der Waals surface area (Å²) >= 11 is 6.25. The minimum Gasteiger partial charge on any atom is -0.271 e. The second-order valence-corrected chi connectivity index (χ2v) is 11.8. The Morgan fingerprint density at radius 1 is 1.09 bits per heavy atom. The standard InChI is InChI=1S/C25H32ClN3O3S/c1-18-22(26)11-8-12-23(18)29(33(31,32)21-9-6-5-7-10-21)17-24(30)28-27-20-15-13-19(14-16-20)25(2,3)4/h5-12,19H,13-17H2,1-4H3,(H,28,30). The van der Waals surface area contributed by atoms with Crippen LogP contribution in [0, 0.1) is 18.3 Å². The van der Waals surface area contributed by atoms with Crippen molar-refractivity contribution in [2.24, 2.45) is 16.4 Å². The molecule has 1 fully saturated rings. The van der Waals surface area contributed by atoms with Gasteiger partial charge in [-0.15, -0.1) is 0 Å². The fourth-order valence-electron chi connectivity index (χ4n) is 4.12. The summed E-state index contributed by atoms with van der Waals surface area (Å²) < 4.78 is 28.0. The van der Waals surface area contributed by atoms with Crippen LogP contribution in [0.25, 0.3) is 0 Å². The number of anilines is 1. The number of nitrogens with zero attached hydrogens (tertiary/aromatic N) is 2. The molecule has 2 aromatic rings. The third kappa shape index (κ3) is 6.15. The highest BCUT2D eigenvalue weighted by atomic mass is 35.5. The second kappa shape index (κ2) is 10.3. The van der Waals surface area contributed by atoms with E-state index in [1.54, 1.807) is 43.3 Å². The van der Waals surface area contributed by atoms with Gasteiger partial charge in [0.1, 0.15) is 6.54 Å². The van der Waals surface area contributed by atoms with E-state index in [1.807, 2.05) is 0 Å². The normalized spacial score (nSPS) is 16.9. The summed E-state index contributed by atoms with van der Waals surface area (Å²) in [7, 11) is -3.99. The molecule has 0 radical (unpaired) electrons. The molecule has 1 aliphatic rings. The number of carbonyl (C=O) groups is 1. The average Bonchev–Trinajstić information content (AvgIpc) is 2.78. The summed E-state index contributed by atoms with van der Waals surface area (Å²) in [5.41, 5.74) is 4.72. The van der Waals surface area contributed by atoms with Gasteiger partial charge >= 0.3 is 0 Å². The van der Waals surface area contributed by atoms with E-state index < -0.39 is 22.5 Å². The van der Waals surface area contributed by atoms with Gasteiger partial charge in [0.05, 0.1) is 10.6 Å². The molecule has 0 atom stereocenters. The summed E-state index contributed by atoms with van der Waals surface area (Å²) in [6.45, 7) is 8.08. The van der Waals surface area contributed by atoms with E-state index in [-0.39, 0.29) is 10.3 Å². The Labute approximate surface area is 202 Å². The molecule has 33 heavy (non-hydrogen) atoms. The third-order valence-electron chi connectivity index (χ3n) is 6.25. The summed E-state index contributed by atoms with van der Waals surface area (Å²) in [4.78, 5) is 12.9. The molecule has 178 valence electrons. The van der Waals surface area contributed by atoms with E-state index in [0.717, 1.165) is 35.7 Å². The van der Waals surface area contributed by atoms with Gasteiger partial charge < -0.3 is 0 Å². The number of benzene rings is 2. The molecule has 1 aliphatic carbocycles. The lowest BCUT2D eigenvalue weighted by Crippen LogP contribution is -2.40. The summed E-state index contributed by atoms with van der Waals surface area (Å²) in [6.07, 6.45) is 3.74. The Balaban J connectivity index is 1.80. The first-order valence-electron chi connectivity index (χ1n) is 11.2. The molecule has 0 saturated heterocycles. The smallest absolute Gasteiger partial charge is 0.264 e. The Bertz CT molecular complexity index is 1120. The number of sulfonamides is 1. The quantitative estimate of drug-likeness (QED) is 0.540. The zero-order valence-electron chi connectivity index (χ0n) is 19.6. The van der Waals surface area contributed by atoms with E-state index in [4.69, 9.17) is 11.6 Å². The lowest BCUT2D eigenvalue weighted by Gasteiger charge is -2.34. The Morgan fingerprint density at radius 3 is 2.33 bits per heavy atom. The summed E-state index contributed by atoms with van der Waals surface area (Å²) in [5, 5.41) is 4.74. The largest absolute Gasteiger partial charge is 0.271 e. The van der Waals surface area contributed by atoms with Gasteiger partial charge in [0.2, 0.25) is 0 Å². The van der Waals surface area contributed by atoms with E-state index in [9.17, 15) is 13.2 Å². The second-order valence-electron chi connectivity index (χ2n) is 9.56. The summed E-state index contributed by atoms with van der Waals surface area (Å²) in [6, 6.07) is 13.1. The number of amides is 1. The zero-order chi connectivity index (χ0) is 24.2. The van der Waals surface area contributed by atoms with Crippen molar-refractivity contribution >= 4 is 38.9 Å². The van der Waals surface area contributed by atoms with Crippen molar-refractivity contribution in [3.05, 3.63) is 59.1 Å². The Hall–Kier alpha value is -2.38. The maximum absolute atomic E-state index is 13.4. The van der Waals surface area contributed by atoms with Crippen molar-refractivity contribution in [2.75, 3.05) is 10.8 Å². The highest BCUT2D eigenvalue weighted by molar-refractivity contribution is 7.92. The van der Waals surface area contributed by atoms with Gasteiger partial charge in [0.15, 0.2) is 0 Å². The first kappa shape index (κ1) is 25.2. The van der Waals surface area contributed by atoms with Crippen LogP contribution in [-0.2, 0) is 14.8 Å². The molecule has 3 rings (SSSR count). The highest BCUT2D eigenvalue weighted by Crippen LogP contribution is 2.37. The van der Waals surface area contributed by atoms with Gasteiger partial charge in [0, 0.05) is 10.7 Å². The van der Waals surface area contributed by atoms with Gasteiger partial charge in [-0.25, -0.2) is 13.8 Å². The SMILES string of the molecule is Cc1c(Cl)cccc1N(CC(=O)NN=C1CCC(C(C)(C)C)CC1)S(=O)(=O)c1ccccc1. The molecule has 0 aliphatic heterocycles. The number of halogens is 1. The topological polar surface area (TPSA) is 78.8 Å². The van der Waals surface area contributed by atoms with Crippen LogP contribution >= 0.6 is 11.6 Å². The zero-order valence-corrected chi connectivity index (χ0v) is 21.2. The van der Waals surface area contributed by atoms with Crippen molar-refractivity contribution in [2.45, 2.75) is 58.3 Å². The van der Waals surface area contributed by atoms with E-state index in [1.165, 1.54) is 12.1 Å². The lowest BCUT2D eigenvalue weighted by atomic mass is 9.72. The van der Waals surface area contributed by atoms with Crippen molar-refractivity contribution in [3.63, 3.8) is 0 Å². The maximum Gasteiger partial charge on any atom is 0.264 e. The van der Waals surface area contributed by atoms with E-state index in [2.05, 4.69) is 31.3 Å². The fraction of sp³-hybridized carbons (Fsp3) is 0.440. The van der Waals surface area contributed by atoms with E-state index >= 15 is 0 Å². The van der Waals surface area contributed by atoms with Crippen LogP contribution in [0.5, 0.6) is 0 Å². The molecular weight excluding hydrogens is 458 g/mol. The van der Waals surface area contributed by atoms with Crippen molar-refractivity contribution in [1.82, 2.24) is 5.43 Å². The maximum atomic E-state index is 13.4. The molecule has 2 aromatic carbocycles. The predicted octanol–water partition coefficient (Wildman–Crippen LogP) is 5.55. The molecule has 0 spiro atoms. The number of hydrazone groups is 1. The van der Waals surface area contributed by atoms with Gasteiger partial charge in [0.25, 0.3) is 15.9 Å². The van der Waals surface area contributed by atoms with E-state index in [0.29, 0.717) is 22.2 Å². The third-order valence-corrected chi connectivity index (χ3v) is 8.44. The number of nitrogens with one attached hydrogen (secondary N) is 1. The van der Waals surface area contributed by atoms with Crippen molar-refractivity contribution < 1.29 is 13.2 Å². The minimum absolute atomic E-state index is 0.101. The van der Waals surface area contributed by atoms with Gasteiger partial charge in [-0.05, 0) is 73.8 Å². The molecule has 0 heterocycles. The number of carbonyl (C=O) groups excluding carboxylic acids is 1. The minimum atomic E-state index is -3.99. The monoisotopic (exact) mass is 489 g/mol. The van der Waals surface area contributed by atoms with Crippen molar-refractivity contribution in [1.29, 1.82) is 0 Å². The average molecular weight is 490 g/mol. The molecule has 0 aromatic heterocycles. The lowest BCUT2D eigenvalue weighted by molar-refractivity contribution is -0.119. The Kier molecular flexibility index (Phi) is 7.85. The molecule has 1 saturated carbocycles. The van der Waals surface area contributed by atoms with Gasteiger partial charge in [-0.3, -0.25) is 9.10 Å². The predicted molar refractivity (Wildman–Crippen MR) is 134 cm³/mol. The molecule has 0 bridgehead atoms. The van der Waals surface area contributed by atoms with Gasteiger partial charge in [-0.2, -0.15) is 5.10 Å². The fourth-order valence-corrected chi connectivity index (χ4v) is 5.79. The summed E-state index contributed by atoms with van der Waals surface area (Å²) in [5.74, 6) is 0.129. The van der Waals surface area contributed by atoms with Crippen LogP contribution in [-0.4, -0.2) is 26.6 Å². The molecule has 0 unspecified atom stereocenters. The van der Waals surface area contributed by atoms with Crippen molar-refractivity contribution in [3.8, 4) is 0 Å². The Morgan fingerprint density at radius 2 is 1.73 bits per heavy atom. The molecule has 8 heteroatoms. The molecule has 1 amide bonds. The van der Waals surface area contributed by atoms with Gasteiger partial charge in [-0.1, -0.05) is 56.6 Å². The number of rotatable bonds is 6. The number of hydrogen-bond acceptors (Lipinski definition) is 4. The van der Waals surface area contributed by atoms with Crippen LogP contribution < -0.4 is 9.73 Å². The van der Waals surface area contributed by atoms with Crippen LogP contribution in [0.4, 0.5) is 5.69 Å². The highest BCUT2D eigenvalue weighted by Gasteiger charge is 2.30. The molecular formula is C25H32ClN3O3S.